The van der Waals surface area contributed by atoms with Gasteiger partial charge in [0, 0.05) is 18.8 Å². The fourth-order valence-corrected chi connectivity index (χ4v) is 3.82. The van der Waals surface area contributed by atoms with Crippen molar-refractivity contribution in [3.05, 3.63) is 105 Å². The fourth-order valence-electron chi connectivity index (χ4n) is 3.34. The van der Waals surface area contributed by atoms with Crippen LogP contribution in [-0.2, 0) is 17.2 Å². The number of primary amides is 1. The summed E-state index contributed by atoms with van der Waals surface area (Å²) >= 11 is 0. The molecule has 0 bridgehead atoms. The van der Waals surface area contributed by atoms with Crippen molar-refractivity contribution < 1.29 is 26.9 Å². The van der Waals surface area contributed by atoms with E-state index in [1.54, 1.807) is 37.3 Å². The monoisotopic (exact) mass is 554 g/mol. The molecule has 0 spiro atoms. The van der Waals surface area contributed by atoms with Crippen molar-refractivity contribution in [2.24, 2.45) is 12.8 Å². The Balaban J connectivity index is 0.000000320. The molecule has 0 fully saturated rings. The summed E-state index contributed by atoms with van der Waals surface area (Å²) in [6, 6.07) is 15.1. The minimum absolute atomic E-state index is 0.0258. The topological polar surface area (TPSA) is 154 Å². The average Bonchev–Trinajstić information content (AvgIpc) is 2.85. The van der Waals surface area contributed by atoms with Gasteiger partial charge in [-0.25, -0.2) is 4.39 Å². The number of benzene rings is 2. The number of halogens is 1. The van der Waals surface area contributed by atoms with Gasteiger partial charge in [-0.15, -0.1) is 0 Å². The highest BCUT2D eigenvalue weighted by Crippen LogP contribution is 2.31. The molecule has 0 atom stereocenters. The highest BCUT2D eigenvalue weighted by atomic mass is 32.2. The first-order chi connectivity index (χ1) is 18.3. The smallest absolute Gasteiger partial charge is 0.294 e. The molecule has 1 amide bonds. The number of nitrogens with two attached hydrogens (primary N) is 1. The first-order valence-electron chi connectivity index (χ1n) is 11.5. The van der Waals surface area contributed by atoms with Crippen LogP contribution in [0.5, 0.6) is 11.5 Å². The largest absolute Gasteiger partial charge is 0.455 e. The maximum atomic E-state index is 14.3. The van der Waals surface area contributed by atoms with E-state index < -0.39 is 27.4 Å². The summed E-state index contributed by atoms with van der Waals surface area (Å²) < 4.78 is 50.7. The lowest BCUT2D eigenvalue weighted by Gasteiger charge is -2.18. The Bertz CT molecular complexity index is 1670. The Morgan fingerprint density at radius 2 is 1.67 bits per heavy atom. The average molecular weight is 555 g/mol. The third-order valence-corrected chi connectivity index (χ3v) is 6.33. The predicted octanol–water partition coefficient (Wildman–Crippen LogP) is 4.41. The lowest BCUT2D eigenvalue weighted by Crippen LogP contribution is -2.25. The lowest BCUT2D eigenvalue weighted by molar-refractivity contribution is 0.0998. The number of amides is 1. The third kappa shape index (κ3) is 7.49. The highest BCUT2D eigenvalue weighted by molar-refractivity contribution is 7.85. The zero-order valence-corrected chi connectivity index (χ0v) is 22.4. The van der Waals surface area contributed by atoms with Gasteiger partial charge in [0.05, 0.1) is 16.8 Å². The van der Waals surface area contributed by atoms with Crippen LogP contribution in [0.15, 0.2) is 76.6 Å². The van der Waals surface area contributed by atoms with Crippen molar-refractivity contribution in [3.63, 3.8) is 0 Å². The van der Waals surface area contributed by atoms with Gasteiger partial charge in [-0.2, -0.15) is 8.42 Å². The number of carbonyl (C=O) groups excluding carboxylic acids is 1. The van der Waals surface area contributed by atoms with Gasteiger partial charge in [0.2, 0.25) is 0 Å². The van der Waals surface area contributed by atoms with Crippen LogP contribution < -0.4 is 21.3 Å². The van der Waals surface area contributed by atoms with Crippen LogP contribution in [-0.4, -0.2) is 28.4 Å². The fraction of sp³-hybridized carbons (Fsp3) is 0.148. The standard InChI is InChI=1S/C20H19FN4O3.C7H8O3S/c1-11-4-7-15(14(21)8-11)24-20-18(19(22)27)16(9-17(26)25(20)3)28-13-6-5-12(2)23-10-13;1-6-2-4-7(5-3-6)11(8,9)10/h4-10,24H,1-3H3,(H2,22,27);2-5H,1H3,(H,8,9,10). The van der Waals surface area contributed by atoms with Crippen molar-refractivity contribution >= 4 is 27.5 Å². The summed E-state index contributed by atoms with van der Waals surface area (Å²) in [6.07, 6.45) is 1.46. The molecule has 2 heterocycles. The van der Waals surface area contributed by atoms with Crippen molar-refractivity contribution in [2.45, 2.75) is 25.7 Å². The van der Waals surface area contributed by atoms with Crippen LogP contribution in [0.3, 0.4) is 0 Å². The molecule has 204 valence electrons. The molecule has 0 aliphatic rings. The zero-order chi connectivity index (χ0) is 28.9. The van der Waals surface area contributed by atoms with Crippen LogP contribution in [0, 0.1) is 26.6 Å². The van der Waals surface area contributed by atoms with E-state index in [1.165, 1.54) is 42.1 Å². The summed E-state index contributed by atoms with van der Waals surface area (Å²) in [6.45, 7) is 5.41. The number of hydrogen-bond donors (Lipinski definition) is 3. The molecule has 4 aromatic rings. The molecule has 0 saturated carbocycles. The van der Waals surface area contributed by atoms with Crippen LogP contribution >= 0.6 is 0 Å². The molecular formula is C27H27FN4O6S. The minimum atomic E-state index is -4.02. The Morgan fingerprint density at radius 1 is 1.03 bits per heavy atom. The maximum Gasteiger partial charge on any atom is 0.294 e. The number of carbonyl (C=O) groups is 1. The van der Waals surface area contributed by atoms with E-state index in [-0.39, 0.29) is 27.7 Å². The molecule has 4 rings (SSSR count). The molecule has 0 radical (unpaired) electrons. The van der Waals surface area contributed by atoms with Crippen LogP contribution in [0.2, 0.25) is 0 Å². The van der Waals surface area contributed by atoms with E-state index in [0.717, 1.165) is 22.9 Å². The van der Waals surface area contributed by atoms with Crippen molar-refractivity contribution in [1.82, 2.24) is 9.55 Å². The zero-order valence-electron chi connectivity index (χ0n) is 21.6. The van der Waals surface area contributed by atoms with E-state index in [1.807, 2.05) is 13.8 Å². The van der Waals surface area contributed by atoms with Crippen molar-refractivity contribution in [2.75, 3.05) is 5.32 Å². The molecule has 0 unspecified atom stereocenters. The number of aryl methyl sites for hydroxylation is 3. The van der Waals surface area contributed by atoms with E-state index in [9.17, 15) is 22.4 Å². The number of hydrogen-bond acceptors (Lipinski definition) is 7. The molecule has 4 N–H and O–H groups in total. The predicted molar refractivity (Wildman–Crippen MR) is 145 cm³/mol. The maximum absolute atomic E-state index is 14.3. The van der Waals surface area contributed by atoms with Crippen LogP contribution in [0.4, 0.5) is 15.9 Å². The second-order valence-corrected chi connectivity index (χ2v) is 10.0. The highest BCUT2D eigenvalue weighted by Gasteiger charge is 2.21. The quantitative estimate of drug-likeness (QED) is 0.296. The normalized spacial score (nSPS) is 10.8. The second-order valence-electron chi connectivity index (χ2n) is 8.63. The number of nitrogens with one attached hydrogen (secondary N) is 1. The van der Waals surface area contributed by atoms with Gasteiger partial charge in [-0.05, 0) is 62.7 Å². The van der Waals surface area contributed by atoms with Crippen molar-refractivity contribution in [1.29, 1.82) is 0 Å². The first kappa shape index (κ1) is 29.0. The number of pyridine rings is 2. The van der Waals surface area contributed by atoms with Gasteiger partial charge in [0.25, 0.3) is 21.6 Å². The van der Waals surface area contributed by atoms with Gasteiger partial charge >= 0.3 is 0 Å². The summed E-state index contributed by atoms with van der Waals surface area (Å²) in [5.41, 5.74) is 7.56. The number of anilines is 2. The molecule has 12 heteroatoms. The Hall–Kier alpha value is -4.55. The van der Waals surface area contributed by atoms with E-state index in [2.05, 4.69) is 10.3 Å². The number of ether oxygens (including phenoxy) is 1. The first-order valence-corrected chi connectivity index (χ1v) is 12.9. The molecule has 2 aromatic carbocycles. The number of aromatic nitrogens is 2. The van der Waals surface area contributed by atoms with E-state index >= 15 is 0 Å². The minimum Gasteiger partial charge on any atom is -0.455 e. The van der Waals surface area contributed by atoms with Crippen molar-refractivity contribution in [3.8, 4) is 11.5 Å². The van der Waals surface area contributed by atoms with E-state index in [4.69, 9.17) is 15.0 Å². The molecule has 39 heavy (non-hydrogen) atoms. The Labute approximate surface area is 224 Å². The van der Waals surface area contributed by atoms with Gasteiger partial charge < -0.3 is 15.8 Å². The number of nitrogens with zero attached hydrogens (tertiary/aromatic N) is 2. The third-order valence-electron chi connectivity index (χ3n) is 5.46. The second kappa shape index (κ2) is 11.9. The van der Waals surface area contributed by atoms with Gasteiger partial charge in [-0.3, -0.25) is 23.7 Å². The summed E-state index contributed by atoms with van der Waals surface area (Å²) in [4.78, 5) is 28.6. The molecule has 0 aliphatic carbocycles. The van der Waals surface area contributed by atoms with Crippen LogP contribution in [0.1, 0.15) is 27.2 Å². The van der Waals surface area contributed by atoms with Crippen LogP contribution in [0.25, 0.3) is 0 Å². The van der Waals surface area contributed by atoms with Gasteiger partial charge in [0.1, 0.15) is 28.7 Å². The molecule has 0 saturated heterocycles. The summed E-state index contributed by atoms with van der Waals surface area (Å²) in [5, 5.41) is 2.79. The Morgan fingerprint density at radius 3 is 2.21 bits per heavy atom. The molecule has 0 aliphatic heterocycles. The van der Waals surface area contributed by atoms with Gasteiger partial charge in [-0.1, -0.05) is 23.8 Å². The lowest BCUT2D eigenvalue weighted by atomic mass is 10.2. The molecule has 2 aromatic heterocycles. The number of rotatable bonds is 6. The SMILES string of the molecule is Cc1ccc(Nc2c(C(N)=O)c(Oc3ccc(C)nc3)cc(=O)n2C)c(F)c1.Cc1ccc(S(=O)(=O)O)cc1. The summed E-state index contributed by atoms with van der Waals surface area (Å²) in [7, 11) is -2.57. The molecule has 10 nitrogen and oxygen atoms in total. The van der Waals surface area contributed by atoms with E-state index in [0.29, 0.717) is 5.75 Å². The molecular weight excluding hydrogens is 527 g/mol. The Kier molecular flexibility index (Phi) is 8.84. The summed E-state index contributed by atoms with van der Waals surface area (Å²) in [5.74, 6) is -1.06. The van der Waals surface area contributed by atoms with Gasteiger partial charge in [0.15, 0.2) is 0 Å².